The third kappa shape index (κ3) is 4.00. The number of thioether (sulfide) groups is 1. The van der Waals surface area contributed by atoms with Crippen molar-refractivity contribution in [3.63, 3.8) is 0 Å². The van der Waals surface area contributed by atoms with Crippen LogP contribution in [-0.4, -0.2) is 35.1 Å². The van der Waals surface area contributed by atoms with Crippen LogP contribution in [0.1, 0.15) is 39.5 Å². The number of pyridine rings is 1. The fourth-order valence-electron chi connectivity index (χ4n) is 2.34. The molecule has 1 aromatic heterocycles. The number of hydrogen-bond acceptors (Lipinski definition) is 4. The molecule has 2 amide bonds. The van der Waals surface area contributed by atoms with Gasteiger partial charge in [-0.15, -0.1) is 0 Å². The predicted octanol–water partition coefficient (Wildman–Crippen LogP) is 2.61. The van der Waals surface area contributed by atoms with E-state index < -0.39 is 0 Å². The highest BCUT2D eigenvalue weighted by Gasteiger charge is 2.35. The van der Waals surface area contributed by atoms with E-state index in [0.717, 1.165) is 30.0 Å². The minimum absolute atomic E-state index is 0.0191. The fourth-order valence-corrected chi connectivity index (χ4v) is 3.49. The highest BCUT2D eigenvalue weighted by molar-refractivity contribution is 8.00. The first-order chi connectivity index (χ1) is 10.7. The van der Waals surface area contributed by atoms with Crippen LogP contribution >= 0.6 is 11.8 Å². The summed E-state index contributed by atoms with van der Waals surface area (Å²) in [5, 5.41) is 3.30. The summed E-state index contributed by atoms with van der Waals surface area (Å²) in [5.74, 6) is -0.0480. The second kappa shape index (κ2) is 8.17. The molecule has 0 saturated heterocycles. The second-order valence-corrected chi connectivity index (χ2v) is 6.52. The molecule has 1 unspecified atom stereocenters. The minimum atomic E-state index is -0.379. The molecule has 0 aliphatic carbocycles. The molecule has 6 heteroatoms. The molecular formula is C16H23N3O2S. The Balaban J connectivity index is 2.13. The lowest BCUT2D eigenvalue weighted by molar-refractivity contribution is -0.124. The van der Waals surface area contributed by atoms with Gasteiger partial charge in [0.2, 0.25) is 11.8 Å². The maximum atomic E-state index is 12.7. The summed E-state index contributed by atoms with van der Waals surface area (Å²) in [6.45, 7) is 5.44. The molecule has 2 rings (SSSR count). The lowest BCUT2D eigenvalue weighted by Crippen LogP contribution is -2.43. The Kier molecular flexibility index (Phi) is 6.24. The first-order valence-electron chi connectivity index (χ1n) is 7.87. The first kappa shape index (κ1) is 16.8. The van der Waals surface area contributed by atoms with Gasteiger partial charge in [0.1, 0.15) is 5.03 Å². The van der Waals surface area contributed by atoms with Crippen LogP contribution in [0.3, 0.4) is 0 Å². The quantitative estimate of drug-likeness (QED) is 0.838. The summed E-state index contributed by atoms with van der Waals surface area (Å²) in [5.41, 5.74) is 0.871. The number of unbranched alkanes of at least 4 members (excludes halogenated alkanes) is 1. The van der Waals surface area contributed by atoms with Crippen molar-refractivity contribution in [1.29, 1.82) is 0 Å². The number of carbonyl (C=O) groups excluding carboxylic acids is 2. The van der Waals surface area contributed by atoms with Gasteiger partial charge in [0.25, 0.3) is 0 Å². The Bertz CT molecular complexity index is 536. The van der Waals surface area contributed by atoms with E-state index in [4.69, 9.17) is 0 Å². The van der Waals surface area contributed by atoms with Crippen molar-refractivity contribution in [2.24, 2.45) is 0 Å². The topological polar surface area (TPSA) is 62.3 Å². The third-order valence-corrected chi connectivity index (χ3v) is 4.71. The molecule has 0 aromatic carbocycles. The molecule has 1 N–H and O–H groups in total. The standard InChI is InChI=1S/C16H23N3O2S/c1-3-5-10-19-12-7-6-9-18-15(12)22-13(16(19)21)11-14(20)17-8-4-2/h6-7,9,13H,3-5,8,10-11H2,1-2H3,(H,17,20). The van der Waals surface area contributed by atoms with Crippen molar-refractivity contribution in [2.75, 3.05) is 18.0 Å². The normalized spacial score (nSPS) is 17.3. The Morgan fingerprint density at radius 1 is 1.41 bits per heavy atom. The number of anilines is 1. The van der Waals surface area contributed by atoms with Gasteiger partial charge in [0.15, 0.2) is 0 Å². The van der Waals surface area contributed by atoms with Crippen LogP contribution in [0.15, 0.2) is 23.4 Å². The van der Waals surface area contributed by atoms with E-state index >= 15 is 0 Å². The summed E-state index contributed by atoms with van der Waals surface area (Å²) in [6.07, 6.45) is 4.80. The molecule has 0 spiro atoms. The zero-order valence-corrected chi connectivity index (χ0v) is 14.0. The molecule has 0 bridgehead atoms. The van der Waals surface area contributed by atoms with E-state index in [9.17, 15) is 9.59 Å². The van der Waals surface area contributed by atoms with E-state index in [2.05, 4.69) is 17.2 Å². The fraction of sp³-hybridized carbons (Fsp3) is 0.562. The van der Waals surface area contributed by atoms with Crippen LogP contribution in [0, 0.1) is 0 Å². The largest absolute Gasteiger partial charge is 0.356 e. The van der Waals surface area contributed by atoms with Crippen LogP contribution in [0.5, 0.6) is 0 Å². The van der Waals surface area contributed by atoms with E-state index in [0.29, 0.717) is 13.1 Å². The molecule has 1 aliphatic heterocycles. The molecule has 5 nitrogen and oxygen atoms in total. The predicted molar refractivity (Wildman–Crippen MR) is 89.1 cm³/mol. The summed E-state index contributed by atoms with van der Waals surface area (Å²) in [7, 11) is 0. The van der Waals surface area contributed by atoms with Gasteiger partial charge < -0.3 is 10.2 Å². The molecule has 2 heterocycles. The van der Waals surface area contributed by atoms with Gasteiger partial charge in [0, 0.05) is 25.7 Å². The van der Waals surface area contributed by atoms with E-state index in [1.807, 2.05) is 19.1 Å². The Morgan fingerprint density at radius 3 is 2.95 bits per heavy atom. The lowest BCUT2D eigenvalue weighted by atomic mass is 10.2. The van der Waals surface area contributed by atoms with Crippen molar-refractivity contribution < 1.29 is 9.59 Å². The summed E-state index contributed by atoms with van der Waals surface area (Å²) >= 11 is 1.40. The molecule has 1 aromatic rings. The first-order valence-corrected chi connectivity index (χ1v) is 8.75. The smallest absolute Gasteiger partial charge is 0.241 e. The van der Waals surface area contributed by atoms with Gasteiger partial charge >= 0.3 is 0 Å². The molecule has 120 valence electrons. The van der Waals surface area contributed by atoms with Gasteiger partial charge in [-0.2, -0.15) is 0 Å². The third-order valence-electron chi connectivity index (χ3n) is 3.52. The average Bonchev–Trinajstić information content (AvgIpc) is 2.53. The van der Waals surface area contributed by atoms with Gasteiger partial charge in [-0.3, -0.25) is 9.59 Å². The molecule has 1 aliphatic rings. The molecule has 0 fully saturated rings. The molecule has 0 saturated carbocycles. The number of rotatable bonds is 7. The molecule has 0 radical (unpaired) electrons. The van der Waals surface area contributed by atoms with Crippen molar-refractivity contribution in [1.82, 2.24) is 10.3 Å². The van der Waals surface area contributed by atoms with Crippen LogP contribution in [0.2, 0.25) is 0 Å². The number of aromatic nitrogens is 1. The van der Waals surface area contributed by atoms with E-state index in [1.165, 1.54) is 11.8 Å². The summed E-state index contributed by atoms with van der Waals surface area (Å²) in [4.78, 5) is 30.8. The maximum absolute atomic E-state index is 12.7. The Hall–Kier alpha value is -1.56. The molecule has 22 heavy (non-hydrogen) atoms. The van der Waals surface area contributed by atoms with Gasteiger partial charge in [0.05, 0.1) is 10.9 Å². The van der Waals surface area contributed by atoms with Gasteiger partial charge in [-0.05, 0) is 25.0 Å². The number of nitrogens with one attached hydrogen (secondary N) is 1. The number of carbonyl (C=O) groups is 2. The Labute approximate surface area is 135 Å². The Morgan fingerprint density at radius 2 is 2.23 bits per heavy atom. The van der Waals surface area contributed by atoms with Crippen LogP contribution in [-0.2, 0) is 9.59 Å². The maximum Gasteiger partial charge on any atom is 0.241 e. The number of amides is 2. The second-order valence-electron chi connectivity index (χ2n) is 5.33. The summed E-state index contributed by atoms with van der Waals surface area (Å²) in [6, 6.07) is 3.77. The van der Waals surface area contributed by atoms with E-state index in [1.54, 1.807) is 11.1 Å². The SMILES string of the molecule is CCCCN1C(=O)C(CC(=O)NCCC)Sc2ncccc21. The number of fused-ring (bicyclic) bond motifs is 1. The monoisotopic (exact) mass is 321 g/mol. The van der Waals surface area contributed by atoms with Crippen LogP contribution in [0.25, 0.3) is 0 Å². The van der Waals surface area contributed by atoms with Crippen molar-refractivity contribution in [3.05, 3.63) is 18.3 Å². The number of hydrogen-bond donors (Lipinski definition) is 1. The average molecular weight is 321 g/mol. The lowest BCUT2D eigenvalue weighted by Gasteiger charge is -2.32. The van der Waals surface area contributed by atoms with Crippen molar-refractivity contribution in [2.45, 2.75) is 49.8 Å². The van der Waals surface area contributed by atoms with Crippen LogP contribution in [0.4, 0.5) is 5.69 Å². The van der Waals surface area contributed by atoms with Gasteiger partial charge in [-0.25, -0.2) is 4.98 Å². The minimum Gasteiger partial charge on any atom is -0.356 e. The molecule has 1 atom stereocenters. The van der Waals surface area contributed by atoms with Crippen LogP contribution < -0.4 is 10.2 Å². The zero-order chi connectivity index (χ0) is 15.9. The van der Waals surface area contributed by atoms with Crippen molar-refractivity contribution >= 4 is 29.3 Å². The zero-order valence-electron chi connectivity index (χ0n) is 13.2. The highest BCUT2D eigenvalue weighted by atomic mass is 32.2. The van der Waals surface area contributed by atoms with Crippen molar-refractivity contribution in [3.8, 4) is 0 Å². The summed E-state index contributed by atoms with van der Waals surface area (Å²) < 4.78 is 0. The van der Waals surface area contributed by atoms with Gasteiger partial charge in [-0.1, -0.05) is 32.0 Å². The molecular weight excluding hydrogens is 298 g/mol. The highest BCUT2D eigenvalue weighted by Crippen LogP contribution is 2.38. The van der Waals surface area contributed by atoms with E-state index in [-0.39, 0.29) is 23.5 Å². The number of nitrogens with zero attached hydrogens (tertiary/aromatic N) is 2.